The quantitative estimate of drug-likeness (QED) is 0.161. The van der Waals surface area contributed by atoms with E-state index >= 15 is 0 Å². The van der Waals surface area contributed by atoms with E-state index in [2.05, 4.69) is 11.5 Å². The van der Waals surface area contributed by atoms with E-state index in [0.717, 1.165) is 18.7 Å². The Balaban J connectivity index is 1.53. The van der Waals surface area contributed by atoms with Gasteiger partial charge < -0.3 is 24.2 Å². The number of aliphatic hydroxyl groups is 1. The number of morpholine rings is 1. The van der Waals surface area contributed by atoms with E-state index < -0.39 is 17.7 Å². The lowest BCUT2D eigenvalue weighted by Crippen LogP contribution is -2.42. The van der Waals surface area contributed by atoms with Gasteiger partial charge in [-0.15, -0.1) is 0 Å². The molecule has 2 heterocycles. The van der Waals surface area contributed by atoms with Gasteiger partial charge in [0.1, 0.15) is 29.6 Å². The molecule has 2 fully saturated rings. The summed E-state index contributed by atoms with van der Waals surface area (Å²) < 4.78 is 17.2. The molecule has 212 valence electrons. The Morgan fingerprint density at radius 3 is 2.49 bits per heavy atom. The number of benzene rings is 3. The molecule has 1 N–H and O–H groups in total. The van der Waals surface area contributed by atoms with Crippen LogP contribution < -0.4 is 9.47 Å². The maximum atomic E-state index is 13.5. The number of rotatable bonds is 10. The fourth-order valence-corrected chi connectivity index (χ4v) is 5.17. The van der Waals surface area contributed by atoms with Gasteiger partial charge in [0.05, 0.1) is 24.8 Å². The van der Waals surface area contributed by atoms with Gasteiger partial charge >= 0.3 is 0 Å². The van der Waals surface area contributed by atoms with Crippen molar-refractivity contribution in [2.75, 3.05) is 46.0 Å². The van der Waals surface area contributed by atoms with Gasteiger partial charge in [-0.1, -0.05) is 43.0 Å². The lowest BCUT2D eigenvalue weighted by molar-refractivity contribution is -0.140. The minimum absolute atomic E-state index is 0.0491. The first-order valence-corrected chi connectivity index (χ1v) is 13.7. The Bertz CT molecular complexity index is 1450. The van der Waals surface area contributed by atoms with Gasteiger partial charge in [0.25, 0.3) is 11.7 Å². The van der Waals surface area contributed by atoms with E-state index in [1.165, 1.54) is 0 Å². The summed E-state index contributed by atoms with van der Waals surface area (Å²) in [6, 6.07) is 21.1. The molecule has 1 atom stereocenters. The van der Waals surface area contributed by atoms with Crippen LogP contribution in [0.5, 0.6) is 17.2 Å². The fourth-order valence-electron chi connectivity index (χ4n) is 5.17. The van der Waals surface area contributed by atoms with Gasteiger partial charge in [0, 0.05) is 31.7 Å². The molecule has 1 amide bonds. The summed E-state index contributed by atoms with van der Waals surface area (Å²) in [6.07, 6.45) is 1.65. The monoisotopic (exact) mass is 554 g/mol. The molecule has 8 nitrogen and oxygen atoms in total. The molecule has 2 aliphatic rings. The van der Waals surface area contributed by atoms with Crippen molar-refractivity contribution >= 4 is 17.4 Å². The van der Waals surface area contributed by atoms with Crippen molar-refractivity contribution in [2.24, 2.45) is 0 Å². The van der Waals surface area contributed by atoms with Crippen molar-refractivity contribution < 1.29 is 28.9 Å². The average molecular weight is 555 g/mol. The Morgan fingerprint density at radius 2 is 1.76 bits per heavy atom. The zero-order valence-corrected chi connectivity index (χ0v) is 23.1. The topological polar surface area (TPSA) is 88.5 Å². The number of aliphatic hydroxyl groups excluding tert-OH is 1. The summed E-state index contributed by atoms with van der Waals surface area (Å²) in [5.41, 5.74) is 1.94. The maximum absolute atomic E-state index is 13.5. The Kier molecular flexibility index (Phi) is 8.82. The highest BCUT2D eigenvalue weighted by molar-refractivity contribution is 6.46. The Morgan fingerprint density at radius 1 is 1.00 bits per heavy atom. The summed E-state index contributed by atoms with van der Waals surface area (Å²) >= 11 is 0. The first-order valence-electron chi connectivity index (χ1n) is 13.7. The number of carbonyl (C=O) groups is 2. The second-order valence-corrected chi connectivity index (χ2v) is 10.0. The first kappa shape index (κ1) is 28.1. The summed E-state index contributed by atoms with van der Waals surface area (Å²) in [5.74, 6) is 0.298. The Labute approximate surface area is 240 Å². The fraction of sp³-hybridized carbons (Fsp3) is 0.273. The number of carbonyl (C=O) groups excluding carboxylic acids is 2. The van der Waals surface area contributed by atoms with E-state index in [1.807, 2.05) is 61.5 Å². The predicted molar refractivity (Wildman–Crippen MR) is 156 cm³/mol. The highest BCUT2D eigenvalue weighted by Crippen LogP contribution is 2.41. The number of Topliss-reactive ketones (excluding diaryl/α,β-unsaturated/α-hetero) is 1. The molecule has 0 aliphatic carbocycles. The van der Waals surface area contributed by atoms with Crippen molar-refractivity contribution in [3.8, 4) is 17.2 Å². The molecule has 2 saturated heterocycles. The van der Waals surface area contributed by atoms with Crippen LogP contribution in [0.1, 0.15) is 22.7 Å². The zero-order valence-electron chi connectivity index (χ0n) is 23.1. The maximum Gasteiger partial charge on any atom is 0.295 e. The molecular weight excluding hydrogens is 520 g/mol. The largest absolute Gasteiger partial charge is 0.507 e. The second-order valence-electron chi connectivity index (χ2n) is 10.0. The summed E-state index contributed by atoms with van der Waals surface area (Å²) in [6.45, 7) is 9.57. The number of aryl methyl sites for hydroxylation is 1. The van der Waals surface area contributed by atoms with E-state index in [4.69, 9.17) is 14.2 Å². The van der Waals surface area contributed by atoms with Gasteiger partial charge in [0.15, 0.2) is 0 Å². The van der Waals surface area contributed by atoms with Crippen LogP contribution in [-0.4, -0.2) is 72.6 Å². The standard InChI is InChI=1S/C33H34N2O6/c1-3-18-40-28-13-12-25(21-23(28)2)31(36)29-30(24-8-7-11-27(22-24)41-26-9-5-4-6-10-26)35(33(38)32(29)37)15-14-34-16-19-39-20-17-34/h3-13,21-22,30,36H,1,14-20H2,2H3. The van der Waals surface area contributed by atoms with E-state index in [-0.39, 0.29) is 11.3 Å². The van der Waals surface area contributed by atoms with E-state index in [0.29, 0.717) is 61.3 Å². The Hall–Kier alpha value is -4.40. The van der Waals surface area contributed by atoms with Crippen molar-refractivity contribution in [2.45, 2.75) is 13.0 Å². The van der Waals surface area contributed by atoms with Crippen LogP contribution in [0.15, 0.2) is 91.0 Å². The van der Waals surface area contributed by atoms with Gasteiger partial charge in [-0.2, -0.15) is 0 Å². The highest BCUT2D eigenvalue weighted by Gasteiger charge is 2.46. The molecule has 3 aromatic carbocycles. The SMILES string of the molecule is C=CCOc1ccc(C(O)=C2C(=O)C(=O)N(CCN3CCOCC3)C2c2cccc(Oc3ccccc3)c2)cc1C. The van der Waals surface area contributed by atoms with E-state index in [9.17, 15) is 14.7 Å². The van der Waals surface area contributed by atoms with Crippen molar-refractivity contribution in [3.63, 3.8) is 0 Å². The minimum Gasteiger partial charge on any atom is -0.507 e. The van der Waals surface area contributed by atoms with Crippen molar-refractivity contribution in [3.05, 3.63) is 108 Å². The molecule has 1 unspecified atom stereocenters. The summed E-state index contributed by atoms with van der Waals surface area (Å²) in [7, 11) is 0. The number of nitrogens with zero attached hydrogens (tertiary/aromatic N) is 2. The first-order chi connectivity index (χ1) is 20.0. The van der Waals surface area contributed by atoms with Crippen molar-refractivity contribution in [1.82, 2.24) is 9.80 Å². The number of para-hydroxylation sites is 1. The molecule has 2 aliphatic heterocycles. The van der Waals surface area contributed by atoms with Gasteiger partial charge in [-0.3, -0.25) is 14.5 Å². The number of hydrogen-bond acceptors (Lipinski definition) is 7. The van der Waals surface area contributed by atoms with Crippen LogP contribution >= 0.6 is 0 Å². The number of ether oxygens (including phenoxy) is 3. The molecular formula is C33H34N2O6. The molecule has 5 rings (SSSR count). The normalized spacial score (nSPS) is 18.9. The van der Waals surface area contributed by atoms with Crippen LogP contribution in [-0.2, 0) is 14.3 Å². The third-order valence-corrected chi connectivity index (χ3v) is 7.26. The van der Waals surface area contributed by atoms with Crippen molar-refractivity contribution in [1.29, 1.82) is 0 Å². The van der Waals surface area contributed by atoms with Crippen LogP contribution in [0.25, 0.3) is 5.76 Å². The molecule has 3 aromatic rings. The smallest absolute Gasteiger partial charge is 0.295 e. The minimum atomic E-state index is -0.785. The lowest BCUT2D eigenvalue weighted by Gasteiger charge is -2.31. The van der Waals surface area contributed by atoms with E-state index in [1.54, 1.807) is 29.2 Å². The molecule has 0 bridgehead atoms. The predicted octanol–water partition coefficient (Wildman–Crippen LogP) is 5.11. The molecule has 0 aromatic heterocycles. The third-order valence-electron chi connectivity index (χ3n) is 7.26. The van der Waals surface area contributed by atoms with Gasteiger partial charge in [-0.05, 0) is 60.5 Å². The second kappa shape index (κ2) is 12.8. The molecule has 8 heteroatoms. The summed E-state index contributed by atoms with van der Waals surface area (Å²) in [4.78, 5) is 30.7. The number of ketones is 1. The van der Waals surface area contributed by atoms with Crippen LogP contribution in [0.2, 0.25) is 0 Å². The van der Waals surface area contributed by atoms with Crippen LogP contribution in [0.3, 0.4) is 0 Å². The van der Waals surface area contributed by atoms with Crippen LogP contribution in [0, 0.1) is 6.92 Å². The zero-order chi connectivity index (χ0) is 28.8. The number of hydrogen-bond donors (Lipinski definition) is 1. The molecule has 0 radical (unpaired) electrons. The number of likely N-dealkylation sites (tertiary alicyclic amines) is 1. The highest BCUT2D eigenvalue weighted by atomic mass is 16.5. The summed E-state index contributed by atoms with van der Waals surface area (Å²) in [5, 5.41) is 11.5. The number of amides is 1. The van der Waals surface area contributed by atoms with Gasteiger partial charge in [0.2, 0.25) is 0 Å². The lowest BCUT2D eigenvalue weighted by atomic mass is 9.94. The molecule has 0 spiro atoms. The van der Waals surface area contributed by atoms with Gasteiger partial charge in [-0.25, -0.2) is 0 Å². The average Bonchev–Trinajstić information content (AvgIpc) is 3.25. The molecule has 41 heavy (non-hydrogen) atoms. The van der Waals surface area contributed by atoms with Crippen LogP contribution in [0.4, 0.5) is 0 Å². The molecule has 0 saturated carbocycles. The third kappa shape index (κ3) is 6.34.